The molecule has 0 bridgehead atoms. The van der Waals surface area contributed by atoms with Crippen molar-refractivity contribution in [1.29, 1.82) is 0 Å². The van der Waals surface area contributed by atoms with Gasteiger partial charge in [-0.15, -0.1) is 0 Å². The standard InChI is InChI=1S/C16H22N2O6S/c1-10-8-12(9-10)17-15(19)11-4-6-18(7-5-11)25(22,23)14-3-2-13(24-14)16(20)21/h2-3,10-12H,4-9H2,1H3,(H,17,19)(H,20,21). The lowest BCUT2D eigenvalue weighted by Crippen LogP contribution is -2.48. The highest BCUT2D eigenvalue weighted by atomic mass is 32.2. The van der Waals surface area contributed by atoms with Gasteiger partial charge in [-0.3, -0.25) is 4.79 Å². The van der Waals surface area contributed by atoms with E-state index in [1.54, 1.807) is 0 Å². The highest BCUT2D eigenvalue weighted by molar-refractivity contribution is 7.89. The second kappa shape index (κ2) is 6.80. The minimum atomic E-state index is -3.88. The quantitative estimate of drug-likeness (QED) is 0.807. The van der Waals surface area contributed by atoms with Crippen molar-refractivity contribution in [3.63, 3.8) is 0 Å². The number of rotatable bonds is 5. The Balaban J connectivity index is 1.57. The van der Waals surface area contributed by atoms with Crippen molar-refractivity contribution in [2.75, 3.05) is 13.1 Å². The Morgan fingerprint density at radius 2 is 1.88 bits per heavy atom. The van der Waals surface area contributed by atoms with E-state index in [4.69, 9.17) is 9.52 Å². The molecule has 1 amide bonds. The highest BCUT2D eigenvalue weighted by Gasteiger charge is 2.35. The molecule has 2 aliphatic rings. The summed E-state index contributed by atoms with van der Waals surface area (Å²) in [6.07, 6.45) is 2.90. The molecule has 0 aromatic carbocycles. The van der Waals surface area contributed by atoms with Crippen molar-refractivity contribution in [2.45, 2.75) is 43.7 Å². The molecule has 2 fully saturated rings. The summed E-state index contributed by atoms with van der Waals surface area (Å²) in [5.74, 6) is -1.26. The zero-order chi connectivity index (χ0) is 18.2. The van der Waals surface area contributed by atoms with E-state index in [0.717, 1.165) is 25.0 Å². The monoisotopic (exact) mass is 370 g/mol. The largest absolute Gasteiger partial charge is 0.475 e. The second-order valence-electron chi connectivity index (χ2n) is 6.88. The molecule has 2 heterocycles. The molecular formula is C16H22N2O6S. The van der Waals surface area contributed by atoms with Gasteiger partial charge in [-0.1, -0.05) is 6.92 Å². The number of nitrogens with one attached hydrogen (secondary N) is 1. The van der Waals surface area contributed by atoms with Crippen LogP contribution in [-0.4, -0.2) is 48.8 Å². The van der Waals surface area contributed by atoms with Crippen molar-refractivity contribution >= 4 is 21.9 Å². The molecule has 0 atom stereocenters. The van der Waals surface area contributed by atoms with E-state index in [2.05, 4.69) is 12.2 Å². The van der Waals surface area contributed by atoms with Crippen molar-refractivity contribution in [3.8, 4) is 0 Å². The van der Waals surface area contributed by atoms with Crippen molar-refractivity contribution < 1.29 is 27.5 Å². The van der Waals surface area contributed by atoms with Gasteiger partial charge in [0, 0.05) is 25.0 Å². The number of carboxylic acid groups (broad SMARTS) is 1. The molecule has 1 aromatic heterocycles. The first-order valence-corrected chi connectivity index (χ1v) is 9.85. The predicted molar refractivity (Wildman–Crippen MR) is 87.5 cm³/mol. The van der Waals surface area contributed by atoms with Gasteiger partial charge >= 0.3 is 5.97 Å². The van der Waals surface area contributed by atoms with Gasteiger partial charge in [-0.05, 0) is 43.7 Å². The van der Waals surface area contributed by atoms with Gasteiger partial charge in [0.05, 0.1) is 0 Å². The maximum Gasteiger partial charge on any atom is 0.371 e. The number of hydrogen-bond donors (Lipinski definition) is 2. The van der Waals surface area contributed by atoms with Crippen LogP contribution in [0.2, 0.25) is 0 Å². The molecule has 1 aliphatic carbocycles. The predicted octanol–water partition coefficient (Wildman–Crippen LogP) is 1.29. The number of sulfonamides is 1. The molecule has 0 unspecified atom stereocenters. The first-order valence-electron chi connectivity index (χ1n) is 8.41. The van der Waals surface area contributed by atoms with Crippen LogP contribution in [-0.2, 0) is 14.8 Å². The van der Waals surface area contributed by atoms with Crippen molar-refractivity contribution in [3.05, 3.63) is 17.9 Å². The molecule has 1 saturated heterocycles. The number of amides is 1. The molecule has 0 radical (unpaired) electrons. The lowest BCUT2D eigenvalue weighted by atomic mass is 9.81. The van der Waals surface area contributed by atoms with E-state index in [1.807, 2.05) is 0 Å². The third-order valence-electron chi connectivity index (χ3n) is 4.93. The number of hydrogen-bond acceptors (Lipinski definition) is 5. The molecule has 8 nitrogen and oxygen atoms in total. The van der Waals surface area contributed by atoms with E-state index in [1.165, 1.54) is 4.31 Å². The first kappa shape index (κ1) is 17.9. The summed E-state index contributed by atoms with van der Waals surface area (Å²) >= 11 is 0. The number of carboxylic acids is 1. The van der Waals surface area contributed by atoms with E-state index < -0.39 is 21.8 Å². The topological polar surface area (TPSA) is 117 Å². The van der Waals surface area contributed by atoms with Gasteiger partial charge in [-0.2, -0.15) is 4.31 Å². The Bertz CT molecular complexity index is 757. The van der Waals surface area contributed by atoms with Crippen molar-refractivity contribution in [2.24, 2.45) is 11.8 Å². The summed E-state index contributed by atoms with van der Waals surface area (Å²) in [6.45, 7) is 2.57. The fourth-order valence-corrected chi connectivity index (χ4v) is 4.78. The Labute approximate surface area is 146 Å². The molecule has 9 heteroatoms. The third kappa shape index (κ3) is 3.72. The summed E-state index contributed by atoms with van der Waals surface area (Å²) in [4.78, 5) is 23.1. The number of carbonyl (C=O) groups excluding carboxylic acids is 1. The van der Waals surface area contributed by atoms with E-state index in [0.29, 0.717) is 18.8 Å². The van der Waals surface area contributed by atoms with Crippen LogP contribution in [0.15, 0.2) is 21.6 Å². The summed E-state index contributed by atoms with van der Waals surface area (Å²) in [5, 5.41) is 11.5. The molecule has 1 saturated carbocycles. The number of furan rings is 1. The molecule has 3 rings (SSSR count). The lowest BCUT2D eigenvalue weighted by molar-refractivity contribution is -0.127. The molecular weight excluding hydrogens is 348 g/mol. The molecule has 0 spiro atoms. The maximum atomic E-state index is 12.5. The number of carbonyl (C=O) groups is 2. The average Bonchev–Trinajstić information content (AvgIpc) is 3.04. The van der Waals surface area contributed by atoms with Gasteiger partial charge in [0.15, 0.2) is 0 Å². The minimum Gasteiger partial charge on any atom is -0.475 e. The van der Waals surface area contributed by atoms with Crippen LogP contribution in [0, 0.1) is 11.8 Å². The normalized spacial score (nSPS) is 25.3. The summed E-state index contributed by atoms with van der Waals surface area (Å²) in [5.41, 5.74) is 0. The Morgan fingerprint density at radius 3 is 2.40 bits per heavy atom. The Kier molecular flexibility index (Phi) is 4.88. The van der Waals surface area contributed by atoms with Crippen LogP contribution in [0.4, 0.5) is 0 Å². The van der Waals surface area contributed by atoms with Crippen LogP contribution < -0.4 is 5.32 Å². The first-order chi connectivity index (χ1) is 11.8. The second-order valence-corrected chi connectivity index (χ2v) is 8.75. The smallest absolute Gasteiger partial charge is 0.371 e. The van der Waals surface area contributed by atoms with Crippen LogP contribution in [0.5, 0.6) is 0 Å². The van der Waals surface area contributed by atoms with Gasteiger partial charge in [0.25, 0.3) is 10.0 Å². The fourth-order valence-electron chi connectivity index (χ4n) is 3.40. The van der Waals surface area contributed by atoms with Gasteiger partial charge < -0.3 is 14.8 Å². The van der Waals surface area contributed by atoms with E-state index in [9.17, 15) is 18.0 Å². The lowest BCUT2D eigenvalue weighted by Gasteiger charge is -2.36. The third-order valence-corrected chi connectivity index (χ3v) is 6.70. The van der Waals surface area contributed by atoms with Gasteiger partial charge in [0.2, 0.25) is 16.8 Å². The van der Waals surface area contributed by atoms with E-state index in [-0.39, 0.29) is 36.0 Å². The Hall–Kier alpha value is -1.87. The van der Waals surface area contributed by atoms with Gasteiger partial charge in [-0.25, -0.2) is 13.2 Å². The van der Waals surface area contributed by atoms with E-state index >= 15 is 0 Å². The van der Waals surface area contributed by atoms with Crippen LogP contribution in [0.1, 0.15) is 43.2 Å². The van der Waals surface area contributed by atoms with Crippen LogP contribution in [0.25, 0.3) is 0 Å². The van der Waals surface area contributed by atoms with Gasteiger partial charge in [0.1, 0.15) is 0 Å². The zero-order valence-electron chi connectivity index (χ0n) is 14.0. The molecule has 138 valence electrons. The average molecular weight is 370 g/mol. The van der Waals surface area contributed by atoms with Crippen LogP contribution >= 0.6 is 0 Å². The molecule has 25 heavy (non-hydrogen) atoms. The summed E-state index contributed by atoms with van der Waals surface area (Å²) in [6, 6.07) is 2.52. The fraction of sp³-hybridized carbons (Fsp3) is 0.625. The summed E-state index contributed by atoms with van der Waals surface area (Å²) < 4.78 is 31.2. The SMILES string of the molecule is CC1CC(NC(=O)C2CCN(S(=O)(=O)c3ccc(C(=O)O)o3)CC2)C1. The number of piperidine rings is 1. The molecule has 2 N–H and O–H groups in total. The molecule has 1 aromatic rings. The number of aromatic carboxylic acids is 1. The Morgan fingerprint density at radius 1 is 1.24 bits per heavy atom. The molecule has 1 aliphatic heterocycles. The highest BCUT2D eigenvalue weighted by Crippen LogP contribution is 2.28. The maximum absolute atomic E-state index is 12.5. The summed E-state index contributed by atoms with van der Waals surface area (Å²) in [7, 11) is -3.88. The number of nitrogens with zero attached hydrogens (tertiary/aromatic N) is 1. The van der Waals surface area contributed by atoms with Crippen molar-refractivity contribution in [1.82, 2.24) is 9.62 Å². The minimum absolute atomic E-state index is 0.000102. The zero-order valence-corrected chi connectivity index (χ0v) is 14.8. The van der Waals surface area contributed by atoms with Crippen LogP contribution in [0.3, 0.4) is 0 Å².